The first-order valence-corrected chi connectivity index (χ1v) is 7.39. The van der Waals surface area contributed by atoms with Crippen LogP contribution in [0.3, 0.4) is 0 Å². The minimum Gasteiger partial charge on any atom is -0.210 e. The van der Waals surface area contributed by atoms with Crippen LogP contribution >= 0.6 is 27.3 Å². The van der Waals surface area contributed by atoms with Crippen LogP contribution in [0.2, 0.25) is 0 Å². The molecule has 0 aliphatic rings. The van der Waals surface area contributed by atoms with Crippen LogP contribution in [0.5, 0.6) is 0 Å². The molecule has 0 bridgehead atoms. The summed E-state index contributed by atoms with van der Waals surface area (Å²) in [6.07, 6.45) is 6.29. The summed E-state index contributed by atoms with van der Waals surface area (Å²) in [6, 6.07) is 1.71. The Balaban J connectivity index is 2.62. The Bertz CT molecular complexity index is 459. The quantitative estimate of drug-likeness (QED) is 0.669. The predicted molar refractivity (Wildman–Crippen MR) is 65.3 cm³/mol. The third-order valence-corrected chi connectivity index (χ3v) is 5.75. The number of halogens is 1. The third-order valence-electron chi connectivity index (χ3n) is 1.62. The summed E-state index contributed by atoms with van der Waals surface area (Å²) in [4.78, 5) is 0. The molecular weight excluding hydrogens is 298 g/mol. The minimum absolute atomic E-state index is 0.309. The molecule has 15 heavy (non-hydrogen) atoms. The molecule has 1 aromatic rings. The molecule has 0 spiro atoms. The second-order valence-electron chi connectivity index (χ2n) is 2.76. The van der Waals surface area contributed by atoms with Crippen molar-refractivity contribution >= 4 is 37.3 Å². The first-order chi connectivity index (χ1) is 7.08. The molecule has 0 radical (unpaired) electrons. The lowest BCUT2D eigenvalue weighted by atomic mass is 10.3. The van der Waals surface area contributed by atoms with Gasteiger partial charge in [0, 0.05) is 17.4 Å². The maximum atomic E-state index is 11.7. The fraction of sp³-hybridized carbons (Fsp3) is 0.333. The van der Waals surface area contributed by atoms with Gasteiger partial charge in [-0.15, -0.1) is 23.7 Å². The molecule has 0 atom stereocenters. The molecule has 1 rings (SSSR count). The smallest absolute Gasteiger partial charge is 0.210 e. The van der Waals surface area contributed by atoms with Crippen molar-refractivity contribution in [2.45, 2.75) is 17.1 Å². The zero-order valence-corrected chi connectivity index (χ0v) is 11.1. The summed E-state index contributed by atoms with van der Waals surface area (Å²) in [5.41, 5.74) is 0. The Labute approximate surface area is 102 Å². The zero-order valence-electron chi connectivity index (χ0n) is 7.86. The molecule has 0 saturated carbocycles. The maximum absolute atomic E-state index is 11.7. The topological polar surface area (TPSA) is 46.2 Å². The van der Waals surface area contributed by atoms with E-state index in [1.807, 2.05) is 0 Å². The summed E-state index contributed by atoms with van der Waals surface area (Å²) in [7, 11) is -3.38. The fourth-order valence-electron chi connectivity index (χ4n) is 0.934. The normalized spacial score (nSPS) is 11.2. The van der Waals surface area contributed by atoms with Crippen LogP contribution in [0, 0.1) is 12.3 Å². The van der Waals surface area contributed by atoms with E-state index in [9.17, 15) is 8.42 Å². The molecule has 82 valence electrons. The number of terminal acetylenes is 1. The molecule has 6 heteroatoms. The molecular formula is C9H10BrNO2S2. The van der Waals surface area contributed by atoms with Crippen molar-refractivity contribution in [2.24, 2.45) is 0 Å². The summed E-state index contributed by atoms with van der Waals surface area (Å²) in [5.74, 6) is 2.46. The van der Waals surface area contributed by atoms with Gasteiger partial charge in [-0.05, 0) is 33.8 Å². The van der Waals surface area contributed by atoms with Crippen LogP contribution in [0.15, 0.2) is 20.1 Å². The predicted octanol–water partition coefficient (Wildman–Crippen LogP) is 2.20. The van der Waals surface area contributed by atoms with Gasteiger partial charge in [0.05, 0.1) is 0 Å². The molecule has 0 fully saturated rings. The Kier molecular flexibility index (Phi) is 4.80. The zero-order chi connectivity index (χ0) is 11.3. The number of thiophene rings is 1. The van der Waals surface area contributed by atoms with E-state index in [4.69, 9.17) is 6.42 Å². The molecule has 0 aromatic carbocycles. The van der Waals surface area contributed by atoms with Crippen molar-refractivity contribution < 1.29 is 8.42 Å². The first-order valence-electron chi connectivity index (χ1n) is 4.24. The van der Waals surface area contributed by atoms with Crippen molar-refractivity contribution in [2.75, 3.05) is 6.54 Å². The molecule has 1 aromatic heterocycles. The highest BCUT2D eigenvalue weighted by Crippen LogP contribution is 2.27. The molecule has 0 amide bonds. The Morgan fingerprint density at radius 2 is 2.33 bits per heavy atom. The monoisotopic (exact) mass is 307 g/mol. The molecule has 1 N–H and O–H groups in total. The van der Waals surface area contributed by atoms with Gasteiger partial charge in [0.15, 0.2) is 0 Å². The standard InChI is InChI=1S/C9H10BrNO2S2/c1-2-3-4-6-11-15(12,13)9-8(10)5-7-14-9/h1,5,7,11H,3-4,6H2. The van der Waals surface area contributed by atoms with Gasteiger partial charge in [-0.1, -0.05) is 0 Å². The van der Waals surface area contributed by atoms with Crippen LogP contribution in [-0.2, 0) is 10.0 Å². The van der Waals surface area contributed by atoms with E-state index in [1.165, 1.54) is 11.3 Å². The van der Waals surface area contributed by atoms with E-state index in [0.29, 0.717) is 28.1 Å². The summed E-state index contributed by atoms with van der Waals surface area (Å²) >= 11 is 4.37. The second-order valence-corrected chi connectivity index (χ2v) is 6.49. The van der Waals surface area contributed by atoms with Gasteiger partial charge in [-0.25, -0.2) is 13.1 Å². The lowest BCUT2D eigenvalue weighted by Gasteiger charge is -2.03. The average molecular weight is 308 g/mol. The lowest BCUT2D eigenvalue weighted by Crippen LogP contribution is -2.24. The highest BCUT2D eigenvalue weighted by atomic mass is 79.9. The third kappa shape index (κ3) is 3.61. The molecule has 0 unspecified atom stereocenters. The number of nitrogens with one attached hydrogen (secondary N) is 1. The minimum atomic E-state index is -3.38. The van der Waals surface area contributed by atoms with Gasteiger partial charge in [-0.2, -0.15) is 0 Å². The van der Waals surface area contributed by atoms with Crippen LogP contribution in [0.4, 0.5) is 0 Å². The van der Waals surface area contributed by atoms with E-state index in [1.54, 1.807) is 11.4 Å². The molecule has 0 aliphatic heterocycles. The number of hydrogen-bond acceptors (Lipinski definition) is 3. The molecule has 3 nitrogen and oxygen atoms in total. The molecule has 0 aliphatic carbocycles. The van der Waals surface area contributed by atoms with Crippen LogP contribution < -0.4 is 4.72 Å². The van der Waals surface area contributed by atoms with Crippen LogP contribution in [0.25, 0.3) is 0 Å². The first kappa shape index (κ1) is 12.7. The number of unbranched alkanes of at least 4 members (excludes halogenated alkanes) is 1. The highest BCUT2D eigenvalue weighted by Gasteiger charge is 2.17. The van der Waals surface area contributed by atoms with Crippen molar-refractivity contribution in [3.8, 4) is 12.3 Å². The van der Waals surface area contributed by atoms with Gasteiger partial charge < -0.3 is 0 Å². The van der Waals surface area contributed by atoms with Crippen molar-refractivity contribution in [1.29, 1.82) is 0 Å². The number of sulfonamides is 1. The SMILES string of the molecule is C#CCCCNS(=O)(=O)c1sccc1Br. The van der Waals surface area contributed by atoms with E-state index in [0.717, 1.165) is 0 Å². The highest BCUT2D eigenvalue weighted by molar-refractivity contribution is 9.10. The van der Waals surface area contributed by atoms with Gasteiger partial charge in [0.1, 0.15) is 4.21 Å². The lowest BCUT2D eigenvalue weighted by molar-refractivity contribution is 0.581. The van der Waals surface area contributed by atoms with Gasteiger partial charge in [0.2, 0.25) is 0 Å². The number of rotatable bonds is 5. The van der Waals surface area contributed by atoms with Gasteiger partial charge >= 0.3 is 0 Å². The van der Waals surface area contributed by atoms with E-state index in [2.05, 4.69) is 26.6 Å². The van der Waals surface area contributed by atoms with Crippen molar-refractivity contribution in [1.82, 2.24) is 4.72 Å². The maximum Gasteiger partial charge on any atom is 0.251 e. The van der Waals surface area contributed by atoms with Gasteiger partial charge in [0.25, 0.3) is 10.0 Å². The summed E-state index contributed by atoms with van der Waals surface area (Å²) in [6.45, 7) is 0.372. The fourth-order valence-corrected chi connectivity index (χ4v) is 4.39. The largest absolute Gasteiger partial charge is 0.251 e. The van der Waals surface area contributed by atoms with E-state index in [-0.39, 0.29) is 0 Å². The summed E-state index contributed by atoms with van der Waals surface area (Å²) in [5, 5.41) is 1.72. The van der Waals surface area contributed by atoms with Gasteiger partial charge in [-0.3, -0.25) is 0 Å². The van der Waals surface area contributed by atoms with E-state index < -0.39 is 10.0 Å². The average Bonchev–Trinajstić information content (AvgIpc) is 2.60. The molecule has 1 heterocycles. The van der Waals surface area contributed by atoms with Crippen LogP contribution in [0.1, 0.15) is 12.8 Å². The Morgan fingerprint density at radius 1 is 1.60 bits per heavy atom. The van der Waals surface area contributed by atoms with Crippen molar-refractivity contribution in [3.05, 3.63) is 15.9 Å². The van der Waals surface area contributed by atoms with E-state index >= 15 is 0 Å². The Hall–Kier alpha value is -0.350. The summed E-state index contributed by atoms with van der Waals surface area (Å²) < 4.78 is 26.8. The van der Waals surface area contributed by atoms with Crippen LogP contribution in [-0.4, -0.2) is 15.0 Å². The molecule has 0 saturated heterocycles. The number of hydrogen-bond donors (Lipinski definition) is 1. The Morgan fingerprint density at radius 3 is 2.87 bits per heavy atom. The second kappa shape index (κ2) is 5.66. The van der Waals surface area contributed by atoms with Crippen molar-refractivity contribution in [3.63, 3.8) is 0 Å².